The van der Waals surface area contributed by atoms with Crippen LogP contribution in [0, 0.1) is 0 Å². The molecule has 1 aromatic heterocycles. The lowest BCUT2D eigenvalue weighted by molar-refractivity contribution is 1.34. The van der Waals surface area contributed by atoms with Crippen molar-refractivity contribution >= 4 is 44.3 Å². The van der Waals surface area contributed by atoms with Gasteiger partial charge in [-0.2, -0.15) is 0 Å². The predicted molar refractivity (Wildman–Crippen MR) is 65.6 cm³/mol. The van der Waals surface area contributed by atoms with Crippen molar-refractivity contribution in [1.29, 1.82) is 0 Å². The molecule has 0 aliphatic carbocycles. The van der Waals surface area contributed by atoms with Crippen LogP contribution in [-0.4, -0.2) is 11.2 Å². The molecule has 0 aliphatic heterocycles. The minimum Gasteiger partial charge on any atom is -0.398 e. The Balaban J connectivity index is 2.84. The molecule has 2 N–H and O–H groups in total. The topological polar surface area (TPSA) is 38.9 Å². The first-order valence-corrected chi connectivity index (χ1v) is 6.12. The van der Waals surface area contributed by atoms with Gasteiger partial charge in [0.15, 0.2) is 0 Å². The number of fused-ring (bicyclic) bond motifs is 1. The van der Waals surface area contributed by atoms with Crippen LogP contribution in [0.25, 0.3) is 10.9 Å². The van der Waals surface area contributed by atoms with Crippen molar-refractivity contribution in [3.8, 4) is 0 Å². The molecule has 4 heteroatoms. The summed E-state index contributed by atoms with van der Waals surface area (Å²) in [5.74, 6) is 0. The molecule has 0 radical (unpaired) electrons. The standard InChI is InChI=1S/C10H9BrN2S/c1-14-9-3-2-8(12)7-4-6(11)5-13-10(7)9/h2-5H,12H2,1H3. The number of benzene rings is 1. The second-order valence-corrected chi connectivity index (χ2v) is 4.67. The minimum atomic E-state index is 0.770. The first kappa shape index (κ1) is 9.80. The van der Waals surface area contributed by atoms with E-state index in [1.165, 1.54) is 0 Å². The van der Waals surface area contributed by atoms with Gasteiger partial charge in [0.25, 0.3) is 0 Å². The number of halogens is 1. The highest BCUT2D eigenvalue weighted by molar-refractivity contribution is 9.10. The van der Waals surface area contributed by atoms with Crippen LogP contribution in [-0.2, 0) is 0 Å². The number of aromatic nitrogens is 1. The normalized spacial score (nSPS) is 10.7. The van der Waals surface area contributed by atoms with Crippen LogP contribution in [0.1, 0.15) is 0 Å². The fraction of sp³-hybridized carbons (Fsp3) is 0.100. The second kappa shape index (κ2) is 3.79. The zero-order valence-corrected chi connectivity index (χ0v) is 10.0. The quantitative estimate of drug-likeness (QED) is 0.637. The van der Waals surface area contributed by atoms with Crippen molar-refractivity contribution in [2.45, 2.75) is 4.90 Å². The average Bonchev–Trinajstić information content (AvgIpc) is 2.19. The molecule has 2 aromatic rings. The van der Waals surface area contributed by atoms with Crippen LogP contribution in [0.15, 0.2) is 33.8 Å². The Kier molecular flexibility index (Phi) is 2.65. The Bertz CT molecular complexity index is 485. The van der Waals surface area contributed by atoms with Crippen LogP contribution in [0.2, 0.25) is 0 Å². The summed E-state index contributed by atoms with van der Waals surface area (Å²) < 4.78 is 0.954. The molecule has 1 aromatic carbocycles. The first-order valence-electron chi connectivity index (χ1n) is 4.10. The summed E-state index contributed by atoms with van der Waals surface area (Å²) in [5.41, 5.74) is 7.62. The van der Waals surface area contributed by atoms with E-state index in [2.05, 4.69) is 20.9 Å². The Labute approximate surface area is 95.0 Å². The third-order valence-corrected chi connectivity index (χ3v) is 3.24. The van der Waals surface area contributed by atoms with Crippen molar-refractivity contribution in [3.63, 3.8) is 0 Å². The Morgan fingerprint density at radius 1 is 1.43 bits per heavy atom. The third kappa shape index (κ3) is 1.60. The Morgan fingerprint density at radius 3 is 2.93 bits per heavy atom. The van der Waals surface area contributed by atoms with E-state index >= 15 is 0 Å². The molecule has 0 fully saturated rings. The van der Waals surface area contributed by atoms with Crippen LogP contribution in [0.5, 0.6) is 0 Å². The lowest BCUT2D eigenvalue weighted by atomic mass is 10.2. The number of nitrogens with zero attached hydrogens (tertiary/aromatic N) is 1. The van der Waals surface area contributed by atoms with Crippen molar-refractivity contribution in [2.24, 2.45) is 0 Å². The lowest BCUT2D eigenvalue weighted by Gasteiger charge is -2.05. The molecule has 14 heavy (non-hydrogen) atoms. The van der Waals surface area contributed by atoms with Crippen LogP contribution >= 0.6 is 27.7 Å². The molecular formula is C10H9BrN2S. The number of nitrogen functional groups attached to an aromatic ring is 1. The molecule has 1 heterocycles. The number of nitrogens with two attached hydrogens (primary N) is 1. The fourth-order valence-corrected chi connectivity index (χ4v) is 2.25. The number of pyridine rings is 1. The van der Waals surface area contributed by atoms with Gasteiger partial charge >= 0.3 is 0 Å². The van der Waals surface area contributed by atoms with E-state index in [1.807, 2.05) is 24.5 Å². The predicted octanol–water partition coefficient (Wildman–Crippen LogP) is 3.30. The van der Waals surface area contributed by atoms with Crippen molar-refractivity contribution in [2.75, 3.05) is 12.0 Å². The van der Waals surface area contributed by atoms with Gasteiger partial charge in [0.2, 0.25) is 0 Å². The van der Waals surface area contributed by atoms with Crippen LogP contribution in [0.4, 0.5) is 5.69 Å². The Hall–Kier alpha value is -0.740. The van der Waals surface area contributed by atoms with E-state index < -0.39 is 0 Å². The molecule has 2 nitrogen and oxygen atoms in total. The van der Waals surface area contributed by atoms with Gasteiger partial charge in [0, 0.05) is 26.6 Å². The van der Waals surface area contributed by atoms with Crippen LogP contribution < -0.4 is 5.73 Å². The maximum Gasteiger partial charge on any atom is 0.0859 e. The lowest BCUT2D eigenvalue weighted by Crippen LogP contribution is -1.90. The average molecular weight is 269 g/mol. The smallest absolute Gasteiger partial charge is 0.0859 e. The van der Waals surface area contributed by atoms with E-state index in [4.69, 9.17) is 5.73 Å². The summed E-state index contributed by atoms with van der Waals surface area (Å²) in [7, 11) is 0. The first-order chi connectivity index (χ1) is 6.72. The SMILES string of the molecule is CSc1ccc(N)c2cc(Br)cnc12. The largest absolute Gasteiger partial charge is 0.398 e. The molecule has 0 saturated heterocycles. The van der Waals surface area contributed by atoms with Gasteiger partial charge in [-0.1, -0.05) is 0 Å². The highest BCUT2D eigenvalue weighted by atomic mass is 79.9. The molecule has 72 valence electrons. The van der Waals surface area contributed by atoms with Gasteiger partial charge in [-0.25, -0.2) is 0 Å². The number of hydrogen-bond acceptors (Lipinski definition) is 3. The zero-order valence-electron chi connectivity index (χ0n) is 7.62. The number of rotatable bonds is 1. The number of thioether (sulfide) groups is 1. The third-order valence-electron chi connectivity index (χ3n) is 2.03. The van der Waals surface area contributed by atoms with Gasteiger partial charge in [0.1, 0.15) is 0 Å². The van der Waals surface area contributed by atoms with E-state index in [-0.39, 0.29) is 0 Å². The molecule has 0 saturated carbocycles. The zero-order chi connectivity index (χ0) is 10.1. The maximum atomic E-state index is 5.88. The molecular weight excluding hydrogens is 260 g/mol. The summed E-state index contributed by atoms with van der Waals surface area (Å²) in [5, 5.41) is 1.01. The van der Waals surface area contributed by atoms with Gasteiger partial charge in [0.05, 0.1) is 5.52 Å². The minimum absolute atomic E-state index is 0.770. The number of hydrogen-bond donors (Lipinski definition) is 1. The van der Waals surface area contributed by atoms with Crippen LogP contribution in [0.3, 0.4) is 0 Å². The molecule has 0 bridgehead atoms. The molecule has 0 amide bonds. The fourth-order valence-electron chi connectivity index (χ4n) is 1.35. The van der Waals surface area contributed by atoms with Crippen molar-refractivity contribution in [1.82, 2.24) is 4.98 Å². The highest BCUT2D eigenvalue weighted by Gasteiger charge is 2.04. The molecule has 0 spiro atoms. The van der Waals surface area contributed by atoms with Crippen molar-refractivity contribution < 1.29 is 0 Å². The van der Waals surface area contributed by atoms with Gasteiger partial charge in [-0.15, -0.1) is 11.8 Å². The molecule has 0 aliphatic rings. The summed E-state index contributed by atoms with van der Waals surface area (Å²) >= 11 is 5.07. The van der Waals surface area contributed by atoms with Gasteiger partial charge in [-0.3, -0.25) is 4.98 Å². The molecule has 0 unspecified atom stereocenters. The van der Waals surface area contributed by atoms with Crippen molar-refractivity contribution in [3.05, 3.63) is 28.9 Å². The van der Waals surface area contributed by atoms with E-state index in [0.29, 0.717) is 0 Å². The molecule has 2 rings (SSSR count). The Morgan fingerprint density at radius 2 is 2.21 bits per heavy atom. The maximum absolute atomic E-state index is 5.88. The van der Waals surface area contributed by atoms with E-state index in [9.17, 15) is 0 Å². The monoisotopic (exact) mass is 268 g/mol. The second-order valence-electron chi connectivity index (χ2n) is 2.91. The van der Waals surface area contributed by atoms with E-state index in [0.717, 1.165) is 26.0 Å². The summed E-state index contributed by atoms with van der Waals surface area (Å²) in [4.78, 5) is 5.52. The van der Waals surface area contributed by atoms with E-state index in [1.54, 1.807) is 18.0 Å². The molecule has 0 atom stereocenters. The van der Waals surface area contributed by atoms with Gasteiger partial charge in [-0.05, 0) is 40.4 Å². The summed E-state index contributed by atoms with van der Waals surface area (Å²) in [6.45, 7) is 0. The summed E-state index contributed by atoms with van der Waals surface area (Å²) in [6.07, 6.45) is 3.83. The van der Waals surface area contributed by atoms with Gasteiger partial charge < -0.3 is 5.73 Å². The number of anilines is 1. The summed E-state index contributed by atoms with van der Waals surface area (Å²) in [6, 6.07) is 5.92. The highest BCUT2D eigenvalue weighted by Crippen LogP contribution is 2.30.